The van der Waals surface area contributed by atoms with Gasteiger partial charge in [0.15, 0.2) is 4.90 Å². The monoisotopic (exact) mass is 355 g/mol. The highest BCUT2D eigenvalue weighted by Gasteiger charge is 2.26. The Morgan fingerprint density at radius 1 is 1.26 bits per heavy atom. The van der Waals surface area contributed by atoms with Crippen LogP contribution in [0.3, 0.4) is 0 Å². The van der Waals surface area contributed by atoms with Crippen molar-refractivity contribution in [3.05, 3.63) is 49.5 Å². The SMILES string of the molecule is Cc1csc(CCNS(=O)(=O)c2cc(C)c(C)cc2[N+](=O)[O-])n1. The lowest BCUT2D eigenvalue weighted by Crippen LogP contribution is -2.26. The zero-order chi connectivity index (χ0) is 17.2. The Morgan fingerprint density at radius 3 is 2.48 bits per heavy atom. The van der Waals surface area contributed by atoms with E-state index in [1.165, 1.54) is 23.5 Å². The molecule has 0 radical (unpaired) electrons. The number of thiazole rings is 1. The smallest absolute Gasteiger partial charge is 0.258 e. The van der Waals surface area contributed by atoms with E-state index in [1.54, 1.807) is 13.8 Å². The number of aromatic nitrogens is 1. The molecule has 0 spiro atoms. The highest BCUT2D eigenvalue weighted by atomic mass is 32.2. The lowest BCUT2D eigenvalue weighted by Gasteiger charge is -2.09. The van der Waals surface area contributed by atoms with E-state index in [4.69, 9.17) is 0 Å². The van der Waals surface area contributed by atoms with E-state index in [9.17, 15) is 18.5 Å². The third-order valence-corrected chi connectivity index (χ3v) is 5.88. The molecule has 0 atom stereocenters. The van der Waals surface area contributed by atoms with E-state index in [2.05, 4.69) is 9.71 Å². The van der Waals surface area contributed by atoms with Crippen molar-refractivity contribution in [2.24, 2.45) is 0 Å². The molecule has 0 saturated heterocycles. The zero-order valence-electron chi connectivity index (χ0n) is 13.0. The summed E-state index contributed by atoms with van der Waals surface area (Å²) in [6.07, 6.45) is 0.441. The van der Waals surface area contributed by atoms with Gasteiger partial charge >= 0.3 is 0 Å². The van der Waals surface area contributed by atoms with Crippen LogP contribution in [0.2, 0.25) is 0 Å². The Hall–Kier alpha value is -1.84. The van der Waals surface area contributed by atoms with E-state index in [0.717, 1.165) is 10.7 Å². The fraction of sp³-hybridized carbons (Fsp3) is 0.357. The molecule has 2 aromatic rings. The molecule has 124 valence electrons. The Morgan fingerprint density at radius 2 is 1.91 bits per heavy atom. The molecule has 0 aliphatic heterocycles. The van der Waals surface area contributed by atoms with Crippen LogP contribution in [0.15, 0.2) is 22.4 Å². The minimum Gasteiger partial charge on any atom is -0.258 e. The van der Waals surface area contributed by atoms with Gasteiger partial charge in [0.05, 0.1) is 9.93 Å². The molecule has 0 aliphatic carbocycles. The Labute approximate surface area is 138 Å². The largest absolute Gasteiger partial charge is 0.289 e. The van der Waals surface area contributed by atoms with Crippen molar-refractivity contribution in [1.82, 2.24) is 9.71 Å². The van der Waals surface area contributed by atoms with Gasteiger partial charge in [-0.15, -0.1) is 11.3 Å². The normalized spacial score (nSPS) is 11.6. The molecule has 7 nitrogen and oxygen atoms in total. The molecule has 0 bridgehead atoms. The summed E-state index contributed by atoms with van der Waals surface area (Å²) in [7, 11) is -3.95. The van der Waals surface area contributed by atoms with Crippen molar-refractivity contribution >= 4 is 27.0 Å². The highest BCUT2D eigenvalue weighted by Crippen LogP contribution is 2.27. The fourth-order valence-electron chi connectivity index (χ4n) is 2.02. The van der Waals surface area contributed by atoms with E-state index in [1.807, 2.05) is 12.3 Å². The maximum absolute atomic E-state index is 12.4. The molecule has 1 N–H and O–H groups in total. The summed E-state index contributed by atoms with van der Waals surface area (Å²) in [5.41, 5.74) is 1.84. The number of nitro benzene ring substituents is 1. The molecule has 1 aromatic heterocycles. The first kappa shape index (κ1) is 17.5. The van der Waals surface area contributed by atoms with Crippen molar-refractivity contribution in [1.29, 1.82) is 0 Å². The summed E-state index contributed by atoms with van der Waals surface area (Å²) >= 11 is 1.45. The molecule has 0 amide bonds. The van der Waals surface area contributed by atoms with Crippen LogP contribution in [-0.4, -0.2) is 24.9 Å². The number of benzene rings is 1. The molecular weight excluding hydrogens is 338 g/mol. The van der Waals surface area contributed by atoms with Gasteiger partial charge in [0.25, 0.3) is 5.69 Å². The average molecular weight is 355 g/mol. The van der Waals surface area contributed by atoms with Gasteiger partial charge in [0.2, 0.25) is 10.0 Å². The predicted octanol–water partition coefficient (Wildman–Crippen LogP) is 2.50. The second kappa shape index (κ2) is 6.73. The summed E-state index contributed by atoms with van der Waals surface area (Å²) in [6, 6.07) is 2.62. The summed E-state index contributed by atoms with van der Waals surface area (Å²) in [4.78, 5) is 14.4. The summed E-state index contributed by atoms with van der Waals surface area (Å²) < 4.78 is 27.2. The molecule has 1 heterocycles. The first-order valence-corrected chi connectivity index (χ1v) is 9.23. The molecular formula is C14H17N3O4S2. The highest BCUT2D eigenvalue weighted by molar-refractivity contribution is 7.89. The van der Waals surface area contributed by atoms with E-state index in [0.29, 0.717) is 17.5 Å². The number of sulfonamides is 1. The summed E-state index contributed by atoms with van der Waals surface area (Å²) in [5, 5.41) is 13.8. The van der Waals surface area contributed by atoms with Crippen molar-refractivity contribution < 1.29 is 13.3 Å². The number of nitro groups is 1. The molecule has 0 aliphatic rings. The summed E-state index contributed by atoms with van der Waals surface area (Å²) in [6.45, 7) is 5.43. The molecule has 2 rings (SSSR count). The Balaban J connectivity index is 2.22. The standard InChI is InChI=1S/C14H17N3O4S2/c1-9-6-12(17(18)19)13(7-10(9)2)23(20,21)15-5-4-14-16-11(3)8-22-14/h6-8,15H,4-5H2,1-3H3. The van der Waals surface area contributed by atoms with Crippen LogP contribution in [0.5, 0.6) is 0 Å². The van der Waals surface area contributed by atoms with Crippen LogP contribution in [0.1, 0.15) is 21.8 Å². The number of nitrogens with zero attached hydrogens (tertiary/aromatic N) is 2. The molecule has 0 unspecified atom stereocenters. The van der Waals surface area contributed by atoms with Gasteiger partial charge in [-0.05, 0) is 38.0 Å². The van der Waals surface area contributed by atoms with Gasteiger partial charge in [0, 0.05) is 30.1 Å². The Kier molecular flexibility index (Phi) is 5.12. The lowest BCUT2D eigenvalue weighted by atomic mass is 10.1. The minimum absolute atomic E-state index is 0.138. The molecule has 23 heavy (non-hydrogen) atoms. The maximum atomic E-state index is 12.4. The summed E-state index contributed by atoms with van der Waals surface area (Å²) in [5.74, 6) is 0. The molecule has 1 aromatic carbocycles. The molecule has 0 saturated carbocycles. The average Bonchev–Trinajstić information content (AvgIpc) is 2.86. The number of hydrogen-bond donors (Lipinski definition) is 1. The molecule has 0 fully saturated rings. The first-order valence-electron chi connectivity index (χ1n) is 6.87. The zero-order valence-corrected chi connectivity index (χ0v) is 14.6. The predicted molar refractivity (Wildman–Crippen MR) is 88.3 cm³/mol. The second-order valence-corrected chi connectivity index (χ2v) is 7.87. The van der Waals surface area contributed by atoms with Gasteiger partial charge in [-0.25, -0.2) is 18.1 Å². The van der Waals surface area contributed by atoms with Crippen molar-refractivity contribution in [3.8, 4) is 0 Å². The van der Waals surface area contributed by atoms with Gasteiger partial charge in [-0.3, -0.25) is 10.1 Å². The van der Waals surface area contributed by atoms with Crippen LogP contribution in [0, 0.1) is 30.9 Å². The van der Waals surface area contributed by atoms with Crippen LogP contribution >= 0.6 is 11.3 Å². The van der Waals surface area contributed by atoms with Crippen molar-refractivity contribution in [3.63, 3.8) is 0 Å². The van der Waals surface area contributed by atoms with Crippen LogP contribution < -0.4 is 4.72 Å². The van der Waals surface area contributed by atoms with Crippen LogP contribution in [0.25, 0.3) is 0 Å². The van der Waals surface area contributed by atoms with Gasteiger partial charge in [-0.1, -0.05) is 0 Å². The second-order valence-electron chi connectivity index (χ2n) is 5.19. The number of aryl methyl sites for hydroxylation is 3. The van der Waals surface area contributed by atoms with Gasteiger partial charge in [0.1, 0.15) is 0 Å². The van der Waals surface area contributed by atoms with Crippen molar-refractivity contribution in [2.45, 2.75) is 32.1 Å². The molecule has 9 heteroatoms. The number of nitrogens with one attached hydrogen (secondary N) is 1. The van der Waals surface area contributed by atoms with Crippen LogP contribution in [-0.2, 0) is 16.4 Å². The number of hydrogen-bond acceptors (Lipinski definition) is 6. The van der Waals surface area contributed by atoms with Crippen LogP contribution in [0.4, 0.5) is 5.69 Å². The first-order chi connectivity index (χ1) is 10.7. The van der Waals surface area contributed by atoms with E-state index in [-0.39, 0.29) is 11.4 Å². The number of rotatable bonds is 6. The third-order valence-electron chi connectivity index (χ3n) is 3.36. The van der Waals surface area contributed by atoms with Gasteiger partial charge < -0.3 is 0 Å². The third kappa shape index (κ3) is 4.12. The van der Waals surface area contributed by atoms with Gasteiger partial charge in [-0.2, -0.15) is 0 Å². The fourth-order valence-corrected chi connectivity index (χ4v) is 4.06. The van der Waals surface area contributed by atoms with Crippen molar-refractivity contribution in [2.75, 3.05) is 6.54 Å². The maximum Gasteiger partial charge on any atom is 0.289 e. The lowest BCUT2D eigenvalue weighted by molar-refractivity contribution is -0.387. The quantitative estimate of drug-likeness (QED) is 0.633. The van der Waals surface area contributed by atoms with E-state index >= 15 is 0 Å². The minimum atomic E-state index is -3.95. The van der Waals surface area contributed by atoms with E-state index < -0.39 is 20.6 Å². The topological polar surface area (TPSA) is 102 Å². The Bertz CT molecular complexity index is 844.